The Labute approximate surface area is 266 Å². The fraction of sp³-hybridized carbons (Fsp3) is 0.412. The summed E-state index contributed by atoms with van der Waals surface area (Å²) < 4.78 is 14.4. The molecule has 9 heteroatoms. The lowest BCUT2D eigenvalue weighted by atomic mass is 9.77. The summed E-state index contributed by atoms with van der Waals surface area (Å²) in [5.41, 5.74) is 6.07. The number of benzene rings is 3. The summed E-state index contributed by atoms with van der Waals surface area (Å²) in [7, 11) is 0. The third-order valence-electron chi connectivity index (χ3n) is 8.95. The number of carbonyl (C=O) groups excluding carboxylic acids is 2. The van der Waals surface area contributed by atoms with Gasteiger partial charge in [0.05, 0.1) is 24.4 Å². The molecule has 0 spiro atoms. The first-order valence-corrected chi connectivity index (χ1v) is 15.9. The van der Waals surface area contributed by atoms with Crippen LogP contribution >= 0.6 is 22.9 Å². The molecule has 3 aromatic rings. The number of nitrogens with zero attached hydrogens (tertiary/aromatic N) is 1. The van der Waals surface area contributed by atoms with Crippen LogP contribution in [0.25, 0.3) is 11.1 Å². The van der Waals surface area contributed by atoms with E-state index in [-0.39, 0.29) is 42.3 Å². The van der Waals surface area contributed by atoms with Gasteiger partial charge in [0.15, 0.2) is 0 Å². The molecule has 5 unspecified atom stereocenters. The average molecular weight is 696 g/mol. The highest BCUT2D eigenvalue weighted by Gasteiger charge is 2.70. The highest BCUT2D eigenvalue weighted by molar-refractivity contribution is 14.1. The number of carbonyl (C=O) groups is 2. The fourth-order valence-electron chi connectivity index (χ4n) is 6.78. The van der Waals surface area contributed by atoms with Gasteiger partial charge in [-0.25, -0.2) is 7.91 Å². The van der Waals surface area contributed by atoms with Gasteiger partial charge >= 0.3 is 6.09 Å². The summed E-state index contributed by atoms with van der Waals surface area (Å²) in [4.78, 5) is 26.0. The van der Waals surface area contributed by atoms with Gasteiger partial charge in [0.1, 0.15) is 18.3 Å². The molecule has 3 saturated heterocycles. The smallest absolute Gasteiger partial charge is 0.411 e. The van der Waals surface area contributed by atoms with Crippen LogP contribution < -0.4 is 10.6 Å². The molecule has 3 aromatic carbocycles. The lowest BCUT2D eigenvalue weighted by Gasteiger charge is -2.46. The highest BCUT2D eigenvalue weighted by atomic mass is 127. The number of aliphatic hydroxyl groups excluding tert-OH is 1. The van der Waals surface area contributed by atoms with Crippen LogP contribution in [0.5, 0.6) is 0 Å². The lowest BCUT2D eigenvalue weighted by molar-refractivity contribution is -0.116. The zero-order valence-corrected chi connectivity index (χ0v) is 26.8. The number of aliphatic hydroxyl groups is 1. The number of ether oxygens (including phenoxy) is 2. The van der Waals surface area contributed by atoms with Crippen molar-refractivity contribution >= 4 is 46.2 Å². The number of anilines is 2. The first kappa shape index (κ1) is 30.1. The van der Waals surface area contributed by atoms with Crippen LogP contribution in [0.1, 0.15) is 49.8 Å². The molecule has 3 heterocycles. The number of nitrogens with one attached hydrogen (secondary N) is 2. The minimum Gasteiger partial charge on any atom is -0.444 e. The summed E-state index contributed by atoms with van der Waals surface area (Å²) in [5, 5.41) is 15.3. The van der Waals surface area contributed by atoms with Crippen molar-refractivity contribution in [1.29, 1.82) is 0 Å². The highest BCUT2D eigenvalue weighted by Crippen LogP contribution is 2.57. The Morgan fingerprint density at radius 3 is 2.53 bits per heavy atom. The van der Waals surface area contributed by atoms with Gasteiger partial charge in [-0.2, -0.15) is 0 Å². The summed E-state index contributed by atoms with van der Waals surface area (Å²) >= 11 is 2.38. The largest absolute Gasteiger partial charge is 0.444 e. The van der Waals surface area contributed by atoms with Crippen LogP contribution in [0, 0.1) is 12.3 Å². The first-order chi connectivity index (χ1) is 20.6. The number of hydrogen-bond donors (Lipinski definition) is 3. The van der Waals surface area contributed by atoms with Gasteiger partial charge in [-0.05, 0) is 66.0 Å². The van der Waals surface area contributed by atoms with Crippen molar-refractivity contribution in [3.63, 3.8) is 0 Å². The van der Waals surface area contributed by atoms with Crippen molar-refractivity contribution in [3.05, 3.63) is 83.4 Å². The van der Waals surface area contributed by atoms with Gasteiger partial charge in [0.2, 0.25) is 5.91 Å². The van der Waals surface area contributed by atoms with E-state index in [0.717, 1.165) is 39.9 Å². The zero-order valence-electron chi connectivity index (χ0n) is 24.7. The van der Waals surface area contributed by atoms with E-state index in [9.17, 15) is 14.7 Å². The number of piperidine rings is 1. The molecule has 6 rings (SSSR count). The molecule has 2 amide bonds. The Bertz CT molecular complexity index is 1510. The quantitative estimate of drug-likeness (QED) is 0.132. The van der Waals surface area contributed by atoms with Crippen molar-refractivity contribution in [3.8, 4) is 11.1 Å². The summed E-state index contributed by atoms with van der Waals surface area (Å²) in [6.45, 7) is 6.34. The number of epoxide rings is 1. The first-order valence-electron chi connectivity index (χ1n) is 14.9. The van der Waals surface area contributed by atoms with Crippen LogP contribution in [0.4, 0.5) is 16.2 Å². The molecule has 3 N–H and O–H groups in total. The van der Waals surface area contributed by atoms with Crippen LogP contribution in [0.3, 0.4) is 0 Å². The number of halogens is 1. The van der Waals surface area contributed by atoms with Gasteiger partial charge in [0.25, 0.3) is 0 Å². The van der Waals surface area contributed by atoms with E-state index >= 15 is 0 Å². The van der Waals surface area contributed by atoms with Gasteiger partial charge in [-0.15, -0.1) is 0 Å². The normalized spacial score (nSPS) is 25.1. The van der Waals surface area contributed by atoms with Crippen molar-refractivity contribution in [2.24, 2.45) is 5.41 Å². The predicted octanol–water partition coefficient (Wildman–Crippen LogP) is 6.63. The molecule has 3 aliphatic rings. The summed E-state index contributed by atoms with van der Waals surface area (Å²) in [6, 6.07) is 21.9. The second-order valence-corrected chi connectivity index (χ2v) is 13.7. The third-order valence-corrected chi connectivity index (χ3v) is 10.2. The Kier molecular flexibility index (Phi) is 8.52. The lowest BCUT2D eigenvalue weighted by Crippen LogP contribution is -2.56. The minimum absolute atomic E-state index is 0.0263. The standard InChI is InChI=1S/C34H38IN3O5/c1-20-16-22(19-39)13-15-25(20)36-28(40)11-7-8-21-12-14-24(23-9-5-4-6-10-23)26(17-21)37-33(41)42-27-18-34(2,3)32-31-30(43-31)29(27)38(32)35/h4-6,9-10,12-17,27,29-32,39H,7-8,11,18-19H2,1-3H3,(H,36,40)(H,37,41). The molecule has 43 heavy (non-hydrogen) atoms. The monoisotopic (exact) mass is 695 g/mol. The Balaban J connectivity index is 1.12. The zero-order chi connectivity index (χ0) is 30.3. The molecule has 5 atom stereocenters. The van der Waals surface area contributed by atoms with Crippen LogP contribution in [-0.2, 0) is 27.3 Å². The molecule has 226 valence electrons. The Morgan fingerprint density at radius 2 is 1.79 bits per heavy atom. The molecule has 0 radical (unpaired) electrons. The molecule has 0 aromatic heterocycles. The molecular weight excluding hydrogens is 657 g/mol. The molecule has 8 nitrogen and oxygen atoms in total. The van der Waals surface area contributed by atoms with Gasteiger partial charge in [-0.1, -0.05) is 68.4 Å². The van der Waals surface area contributed by atoms with Crippen molar-refractivity contribution in [2.45, 2.75) is 83.5 Å². The fourth-order valence-corrected chi connectivity index (χ4v) is 8.53. The van der Waals surface area contributed by atoms with Gasteiger partial charge in [0, 0.05) is 40.5 Å². The average Bonchev–Trinajstić information content (AvgIpc) is 3.68. The molecule has 3 fully saturated rings. The topological polar surface area (TPSA) is 103 Å². The number of morpholine rings is 1. The van der Waals surface area contributed by atoms with Crippen LogP contribution in [-0.4, -0.2) is 50.6 Å². The Morgan fingerprint density at radius 1 is 1.02 bits per heavy atom. The van der Waals surface area contributed by atoms with E-state index < -0.39 is 6.09 Å². The maximum absolute atomic E-state index is 13.4. The number of hydrogen-bond acceptors (Lipinski definition) is 6. The van der Waals surface area contributed by atoms with Crippen LogP contribution in [0.15, 0.2) is 66.7 Å². The van der Waals surface area contributed by atoms with E-state index in [4.69, 9.17) is 9.47 Å². The second kappa shape index (κ2) is 12.2. The van der Waals surface area contributed by atoms with Crippen LogP contribution in [0.2, 0.25) is 0 Å². The molecule has 0 aliphatic carbocycles. The summed E-state index contributed by atoms with van der Waals surface area (Å²) in [6.07, 6.45) is 2.13. The van der Waals surface area contributed by atoms with E-state index in [1.54, 1.807) is 0 Å². The van der Waals surface area contributed by atoms with E-state index in [2.05, 4.69) is 56.5 Å². The van der Waals surface area contributed by atoms with E-state index in [1.807, 2.05) is 67.6 Å². The molecular formula is C34H38IN3O5. The third kappa shape index (κ3) is 6.31. The minimum atomic E-state index is -0.468. The van der Waals surface area contributed by atoms with Crippen molar-refractivity contribution < 1.29 is 24.2 Å². The van der Waals surface area contributed by atoms with Crippen molar-refractivity contribution in [2.75, 3.05) is 10.6 Å². The van der Waals surface area contributed by atoms with E-state index in [0.29, 0.717) is 31.0 Å². The number of aryl methyl sites for hydroxylation is 2. The maximum Gasteiger partial charge on any atom is 0.411 e. The maximum atomic E-state index is 13.4. The number of amides is 2. The van der Waals surface area contributed by atoms with Gasteiger partial charge < -0.3 is 19.9 Å². The number of fused-ring (bicyclic) bond motifs is 5. The van der Waals surface area contributed by atoms with Gasteiger partial charge in [-0.3, -0.25) is 10.1 Å². The SMILES string of the molecule is Cc1cc(CO)ccc1NC(=O)CCCc1ccc(-c2ccccc2)c(NC(=O)OC2CC(C)(C)C3C4OC4C2N3I)c1. The second-order valence-electron chi connectivity index (χ2n) is 12.6. The summed E-state index contributed by atoms with van der Waals surface area (Å²) in [5.74, 6) is -0.0570. The Hall–Kier alpha value is -2.99. The molecule has 3 aliphatic heterocycles. The number of rotatable bonds is 9. The molecule has 2 bridgehead atoms. The predicted molar refractivity (Wildman–Crippen MR) is 175 cm³/mol. The molecule has 0 saturated carbocycles. The van der Waals surface area contributed by atoms with Crippen molar-refractivity contribution in [1.82, 2.24) is 3.11 Å². The van der Waals surface area contributed by atoms with E-state index in [1.165, 1.54) is 0 Å².